The number of benzene rings is 1. The Morgan fingerprint density at radius 2 is 2.09 bits per heavy atom. The summed E-state index contributed by atoms with van der Waals surface area (Å²) in [5.41, 5.74) is 2.88. The molecule has 116 valence electrons. The van der Waals surface area contributed by atoms with Crippen LogP contribution in [0.15, 0.2) is 29.6 Å². The van der Waals surface area contributed by atoms with Gasteiger partial charge in [0.25, 0.3) is 11.6 Å². The van der Waals surface area contributed by atoms with E-state index in [0.717, 1.165) is 0 Å². The van der Waals surface area contributed by atoms with Crippen molar-refractivity contribution in [1.82, 2.24) is 9.36 Å². The lowest BCUT2D eigenvalue weighted by molar-refractivity contribution is -0.384. The maximum Gasteiger partial charge on any atom is 0.270 e. The lowest BCUT2D eigenvalue weighted by atomic mass is 10.1. The summed E-state index contributed by atoms with van der Waals surface area (Å²) in [6.07, 6.45) is 0. The summed E-state index contributed by atoms with van der Waals surface area (Å²) in [6, 6.07) is 6.08. The third-order valence-electron chi connectivity index (χ3n) is 3.37. The molecular formula is C15H12N4O3S. The van der Waals surface area contributed by atoms with Crippen LogP contribution in [0.2, 0.25) is 0 Å². The van der Waals surface area contributed by atoms with Gasteiger partial charge in [0.2, 0.25) is 0 Å². The van der Waals surface area contributed by atoms with Crippen molar-refractivity contribution in [2.45, 2.75) is 13.8 Å². The average Bonchev–Trinajstić information content (AvgIpc) is 2.92. The minimum absolute atomic E-state index is 0.0490. The van der Waals surface area contributed by atoms with Crippen LogP contribution >= 0.6 is 11.5 Å². The van der Waals surface area contributed by atoms with Crippen molar-refractivity contribution in [3.8, 4) is 0 Å². The van der Waals surface area contributed by atoms with Gasteiger partial charge in [-0.25, -0.2) is 0 Å². The van der Waals surface area contributed by atoms with Crippen LogP contribution in [-0.4, -0.2) is 20.2 Å². The van der Waals surface area contributed by atoms with Crippen molar-refractivity contribution in [3.63, 3.8) is 0 Å². The van der Waals surface area contributed by atoms with Crippen molar-refractivity contribution in [1.29, 1.82) is 0 Å². The number of pyridine rings is 1. The molecule has 0 radical (unpaired) electrons. The zero-order chi connectivity index (χ0) is 16.6. The predicted octanol–water partition coefficient (Wildman–Crippen LogP) is 3.47. The molecule has 0 aliphatic carbocycles. The molecule has 0 aliphatic heterocycles. The number of anilines is 1. The molecule has 3 rings (SSSR count). The van der Waals surface area contributed by atoms with E-state index in [2.05, 4.69) is 14.7 Å². The fraction of sp³-hybridized carbons (Fsp3) is 0.133. The van der Waals surface area contributed by atoms with Crippen molar-refractivity contribution < 1.29 is 9.72 Å². The number of fused-ring (bicyclic) bond motifs is 1. The number of rotatable bonds is 3. The van der Waals surface area contributed by atoms with E-state index in [-0.39, 0.29) is 11.6 Å². The molecule has 23 heavy (non-hydrogen) atoms. The molecule has 0 aliphatic rings. The van der Waals surface area contributed by atoms with Crippen molar-refractivity contribution in [3.05, 3.63) is 56.7 Å². The van der Waals surface area contributed by atoms with E-state index in [0.29, 0.717) is 33.5 Å². The van der Waals surface area contributed by atoms with Gasteiger partial charge in [-0.15, -0.1) is 0 Å². The Bertz CT molecular complexity index is 936. The number of nitrogens with one attached hydrogen (secondary N) is 1. The molecular weight excluding hydrogens is 316 g/mol. The van der Waals surface area contributed by atoms with E-state index >= 15 is 0 Å². The van der Waals surface area contributed by atoms with E-state index in [4.69, 9.17) is 0 Å². The number of hydrogen-bond donors (Lipinski definition) is 1. The maximum atomic E-state index is 12.4. The Morgan fingerprint density at radius 3 is 2.74 bits per heavy atom. The van der Waals surface area contributed by atoms with Gasteiger partial charge in [0, 0.05) is 28.6 Å². The minimum Gasteiger partial charge on any atom is -0.321 e. The lowest BCUT2D eigenvalue weighted by Crippen LogP contribution is -2.13. The van der Waals surface area contributed by atoms with Crippen LogP contribution in [0.1, 0.15) is 21.7 Å². The van der Waals surface area contributed by atoms with E-state index in [1.165, 1.54) is 23.7 Å². The van der Waals surface area contributed by atoms with Crippen LogP contribution in [0.4, 0.5) is 11.4 Å². The van der Waals surface area contributed by atoms with Gasteiger partial charge in [-0.3, -0.25) is 19.9 Å². The zero-order valence-corrected chi connectivity index (χ0v) is 13.2. The Kier molecular flexibility index (Phi) is 3.75. The molecule has 1 amide bonds. The van der Waals surface area contributed by atoms with Crippen LogP contribution in [0.5, 0.6) is 0 Å². The Morgan fingerprint density at radius 1 is 1.30 bits per heavy atom. The first-order valence-corrected chi connectivity index (χ1v) is 7.57. The molecule has 1 N–H and O–H groups in total. The molecule has 1 aromatic carbocycles. The van der Waals surface area contributed by atoms with Gasteiger partial charge in [0.1, 0.15) is 0 Å². The molecule has 0 unspecified atom stereocenters. The highest BCUT2D eigenvalue weighted by atomic mass is 32.1. The second-order valence-corrected chi connectivity index (χ2v) is 5.67. The quantitative estimate of drug-likeness (QED) is 0.586. The summed E-state index contributed by atoms with van der Waals surface area (Å²) < 4.78 is 4.08. The van der Waals surface area contributed by atoms with E-state index in [1.807, 2.05) is 0 Å². The van der Waals surface area contributed by atoms with Crippen LogP contribution in [0, 0.1) is 24.0 Å². The predicted molar refractivity (Wildman–Crippen MR) is 87.9 cm³/mol. The van der Waals surface area contributed by atoms with Gasteiger partial charge in [0.15, 0.2) is 0 Å². The standard InChI is InChI=1S/C15H12N4O3S/c1-8-5-14(17-15(20)12-7-23-18-9(12)2)11-6-10(19(21)22)3-4-13(11)16-8/h3-7H,1-2H3,(H,16,17,20). The number of aromatic nitrogens is 2. The summed E-state index contributed by atoms with van der Waals surface area (Å²) >= 11 is 1.21. The number of amides is 1. The molecule has 0 bridgehead atoms. The van der Waals surface area contributed by atoms with E-state index in [1.54, 1.807) is 31.4 Å². The molecule has 2 aromatic heterocycles. The van der Waals surface area contributed by atoms with E-state index in [9.17, 15) is 14.9 Å². The first-order valence-electron chi connectivity index (χ1n) is 6.74. The van der Waals surface area contributed by atoms with Crippen LogP contribution in [0.25, 0.3) is 10.9 Å². The minimum atomic E-state index is -0.474. The molecule has 7 nitrogen and oxygen atoms in total. The fourth-order valence-electron chi connectivity index (χ4n) is 2.26. The SMILES string of the molecule is Cc1cc(NC(=O)c2csnc2C)c2cc([N+](=O)[O-])ccc2n1. The number of nitro groups is 1. The smallest absolute Gasteiger partial charge is 0.270 e. The van der Waals surface area contributed by atoms with Crippen molar-refractivity contribution in [2.24, 2.45) is 0 Å². The van der Waals surface area contributed by atoms with Crippen LogP contribution in [0.3, 0.4) is 0 Å². The molecule has 0 fully saturated rings. The molecule has 2 heterocycles. The summed E-state index contributed by atoms with van der Waals surface area (Å²) in [6.45, 7) is 3.56. The molecule has 0 spiro atoms. The highest BCUT2D eigenvalue weighted by molar-refractivity contribution is 7.04. The summed E-state index contributed by atoms with van der Waals surface area (Å²) in [7, 11) is 0. The van der Waals surface area contributed by atoms with E-state index < -0.39 is 4.92 Å². The number of hydrogen-bond acceptors (Lipinski definition) is 6. The maximum absolute atomic E-state index is 12.4. The third kappa shape index (κ3) is 2.88. The number of carbonyl (C=O) groups excluding carboxylic acids is 1. The topological polar surface area (TPSA) is 98.0 Å². The number of nitrogens with zero attached hydrogens (tertiary/aromatic N) is 3. The summed E-state index contributed by atoms with van der Waals surface area (Å²) in [4.78, 5) is 27.2. The van der Waals surface area contributed by atoms with Gasteiger partial charge in [0.05, 0.1) is 27.4 Å². The number of non-ortho nitro benzene ring substituents is 1. The number of aryl methyl sites for hydroxylation is 2. The summed E-state index contributed by atoms with van der Waals surface area (Å²) in [5, 5.41) is 16.0. The number of carbonyl (C=O) groups is 1. The monoisotopic (exact) mass is 328 g/mol. The van der Waals surface area contributed by atoms with Gasteiger partial charge < -0.3 is 5.32 Å². The molecule has 3 aromatic rings. The van der Waals surface area contributed by atoms with Crippen molar-refractivity contribution >= 4 is 39.7 Å². The summed E-state index contributed by atoms with van der Waals surface area (Å²) in [5.74, 6) is -0.297. The average molecular weight is 328 g/mol. The fourth-order valence-corrected chi connectivity index (χ4v) is 2.96. The second kappa shape index (κ2) is 5.73. The highest BCUT2D eigenvalue weighted by Gasteiger charge is 2.15. The Hall–Kier alpha value is -2.87. The van der Waals surface area contributed by atoms with Gasteiger partial charge in [-0.05, 0) is 37.5 Å². The van der Waals surface area contributed by atoms with Gasteiger partial charge in [-0.2, -0.15) is 4.37 Å². The first kappa shape index (κ1) is 15.0. The largest absolute Gasteiger partial charge is 0.321 e. The molecule has 0 saturated heterocycles. The zero-order valence-electron chi connectivity index (χ0n) is 12.4. The highest BCUT2D eigenvalue weighted by Crippen LogP contribution is 2.28. The molecule has 8 heteroatoms. The molecule has 0 saturated carbocycles. The normalized spacial score (nSPS) is 10.7. The second-order valence-electron chi connectivity index (χ2n) is 5.04. The number of nitro benzene ring substituents is 1. The lowest BCUT2D eigenvalue weighted by Gasteiger charge is -2.09. The third-order valence-corrected chi connectivity index (χ3v) is 4.09. The van der Waals surface area contributed by atoms with Crippen LogP contribution < -0.4 is 5.32 Å². The van der Waals surface area contributed by atoms with Gasteiger partial charge in [-0.1, -0.05) is 0 Å². The molecule has 0 atom stereocenters. The first-order chi connectivity index (χ1) is 11.0. The Labute approximate surface area is 135 Å². The van der Waals surface area contributed by atoms with Crippen LogP contribution in [-0.2, 0) is 0 Å². The van der Waals surface area contributed by atoms with Gasteiger partial charge >= 0.3 is 0 Å². The van der Waals surface area contributed by atoms with Crippen molar-refractivity contribution in [2.75, 3.05) is 5.32 Å². The Balaban J connectivity index is 2.08.